The number of anilines is 2. The molecule has 0 atom stereocenters. The minimum Gasteiger partial charge on any atom is -0.359 e. The number of hydrogen-bond donors (Lipinski definition) is 0. The molecule has 0 N–H and O–H groups in total. The molecule has 1 aromatic heterocycles. The Balaban J connectivity index is 2.24. The van der Waals surface area contributed by atoms with Gasteiger partial charge < -0.3 is 4.52 Å². The van der Waals surface area contributed by atoms with E-state index in [0.29, 0.717) is 6.41 Å². The van der Waals surface area contributed by atoms with Crippen LogP contribution in [0.2, 0.25) is 15.1 Å². The van der Waals surface area contributed by atoms with Crippen LogP contribution in [0.4, 0.5) is 24.5 Å². The van der Waals surface area contributed by atoms with E-state index in [1.807, 2.05) is 0 Å². The quantitative estimate of drug-likeness (QED) is 0.406. The van der Waals surface area contributed by atoms with Gasteiger partial charge in [-0.05, 0) is 37.3 Å². The van der Waals surface area contributed by atoms with Crippen molar-refractivity contribution in [3.8, 4) is 11.3 Å². The Kier molecular flexibility index (Phi) is 5.61. The fourth-order valence-electron chi connectivity index (χ4n) is 2.64. The van der Waals surface area contributed by atoms with Gasteiger partial charge >= 0.3 is 6.18 Å². The van der Waals surface area contributed by atoms with Gasteiger partial charge in [0.1, 0.15) is 11.4 Å². The van der Waals surface area contributed by atoms with Gasteiger partial charge in [-0.1, -0.05) is 46.0 Å². The molecule has 0 spiro atoms. The van der Waals surface area contributed by atoms with Crippen molar-refractivity contribution in [2.45, 2.75) is 13.1 Å². The maximum atomic E-state index is 13.1. The minimum absolute atomic E-state index is 0.0723. The lowest BCUT2D eigenvalue weighted by molar-refractivity contribution is -0.137. The van der Waals surface area contributed by atoms with Crippen LogP contribution in [-0.2, 0) is 11.0 Å². The number of carbonyl (C=O) groups excluding carboxylic acids is 1. The number of rotatable bonds is 4. The molecule has 3 aromatic rings. The summed E-state index contributed by atoms with van der Waals surface area (Å²) < 4.78 is 44.5. The highest BCUT2D eigenvalue weighted by molar-refractivity contribution is 6.39. The van der Waals surface area contributed by atoms with E-state index in [-0.39, 0.29) is 43.5 Å². The van der Waals surface area contributed by atoms with Gasteiger partial charge in [0, 0.05) is 5.56 Å². The summed E-state index contributed by atoms with van der Waals surface area (Å²) in [6, 6.07) is 7.36. The average molecular weight is 450 g/mol. The first-order chi connectivity index (χ1) is 13.1. The van der Waals surface area contributed by atoms with Crippen LogP contribution < -0.4 is 4.90 Å². The van der Waals surface area contributed by atoms with Crippen molar-refractivity contribution in [1.82, 2.24) is 5.16 Å². The van der Waals surface area contributed by atoms with Gasteiger partial charge in [0.05, 0.1) is 26.3 Å². The van der Waals surface area contributed by atoms with Crippen molar-refractivity contribution in [3.05, 3.63) is 62.8 Å². The van der Waals surface area contributed by atoms with Crippen LogP contribution in [0.1, 0.15) is 11.3 Å². The number of aromatic nitrogens is 1. The van der Waals surface area contributed by atoms with E-state index in [2.05, 4.69) is 5.16 Å². The lowest BCUT2D eigenvalue weighted by Crippen LogP contribution is -2.17. The molecule has 0 fully saturated rings. The van der Waals surface area contributed by atoms with Crippen LogP contribution in [0, 0.1) is 6.92 Å². The van der Waals surface area contributed by atoms with E-state index in [0.717, 1.165) is 23.1 Å². The van der Waals surface area contributed by atoms with Crippen LogP contribution in [0.5, 0.6) is 0 Å². The zero-order valence-electron chi connectivity index (χ0n) is 14.0. The smallest absolute Gasteiger partial charge is 0.359 e. The number of carbonyl (C=O) groups is 1. The number of hydrogen-bond acceptors (Lipinski definition) is 3. The first-order valence-corrected chi connectivity index (χ1v) is 8.80. The predicted octanol–water partition coefficient (Wildman–Crippen LogP) is 6.92. The number of benzene rings is 2. The molecule has 0 saturated carbocycles. The molecule has 0 aliphatic heterocycles. The molecule has 2 aromatic carbocycles. The number of aryl methyl sites for hydroxylation is 1. The van der Waals surface area contributed by atoms with Gasteiger partial charge in [0.2, 0.25) is 6.41 Å². The third kappa shape index (κ3) is 3.70. The minimum atomic E-state index is -4.62. The molecular weight excluding hydrogens is 440 g/mol. The largest absolute Gasteiger partial charge is 0.416 e. The molecule has 10 heteroatoms. The number of nitrogens with zero attached hydrogens (tertiary/aromatic N) is 2. The van der Waals surface area contributed by atoms with E-state index in [1.165, 1.54) is 6.92 Å². The molecule has 0 radical (unpaired) electrons. The van der Waals surface area contributed by atoms with E-state index in [9.17, 15) is 18.0 Å². The SMILES string of the molecule is Cc1onc(-c2c(Cl)cccc2Cl)c1N(C=O)c1cc(C(F)(F)F)ccc1Cl. The Labute approximate surface area is 172 Å². The van der Waals surface area contributed by atoms with Crippen LogP contribution in [0.25, 0.3) is 11.3 Å². The lowest BCUT2D eigenvalue weighted by atomic mass is 10.1. The molecule has 3 rings (SSSR count). The summed E-state index contributed by atoms with van der Waals surface area (Å²) in [4.78, 5) is 12.8. The Morgan fingerprint density at radius 2 is 1.71 bits per heavy atom. The van der Waals surface area contributed by atoms with Crippen molar-refractivity contribution in [2.24, 2.45) is 0 Å². The van der Waals surface area contributed by atoms with Gasteiger partial charge in [0.15, 0.2) is 5.76 Å². The van der Waals surface area contributed by atoms with Crippen molar-refractivity contribution in [2.75, 3.05) is 4.90 Å². The first kappa shape index (κ1) is 20.5. The molecular formula is C18H10Cl3F3N2O2. The summed E-state index contributed by atoms with van der Waals surface area (Å²) in [6.07, 6.45) is -4.30. The standard InChI is InChI=1S/C18H10Cl3F3N2O2/c1-9-17(16(25-28-9)15-12(20)3-2-4-13(15)21)26(8-27)14-7-10(18(22,23)24)5-6-11(14)19/h2-8H,1H3. The fourth-order valence-corrected chi connectivity index (χ4v) is 3.43. The lowest BCUT2D eigenvalue weighted by Gasteiger charge is -2.21. The molecule has 28 heavy (non-hydrogen) atoms. The van der Waals surface area contributed by atoms with Gasteiger partial charge in [-0.15, -0.1) is 0 Å². The van der Waals surface area contributed by atoms with Crippen molar-refractivity contribution in [3.63, 3.8) is 0 Å². The van der Waals surface area contributed by atoms with E-state index in [4.69, 9.17) is 39.3 Å². The topological polar surface area (TPSA) is 46.3 Å². The van der Waals surface area contributed by atoms with E-state index >= 15 is 0 Å². The zero-order valence-corrected chi connectivity index (χ0v) is 16.3. The molecule has 1 heterocycles. The number of halogens is 6. The summed E-state index contributed by atoms with van der Waals surface area (Å²) in [5, 5.41) is 4.27. The Bertz CT molecular complexity index is 1030. The summed E-state index contributed by atoms with van der Waals surface area (Å²) in [5.41, 5.74) is -0.722. The van der Waals surface area contributed by atoms with Crippen molar-refractivity contribution >= 4 is 52.6 Å². The Hall–Kier alpha value is -2.22. The molecule has 146 valence electrons. The van der Waals surface area contributed by atoms with Crippen LogP contribution in [0.15, 0.2) is 40.9 Å². The Morgan fingerprint density at radius 3 is 2.29 bits per heavy atom. The highest BCUT2D eigenvalue weighted by Crippen LogP contribution is 2.44. The molecule has 0 saturated heterocycles. The first-order valence-electron chi connectivity index (χ1n) is 7.67. The van der Waals surface area contributed by atoms with Gasteiger partial charge in [0.25, 0.3) is 0 Å². The fraction of sp³-hybridized carbons (Fsp3) is 0.111. The van der Waals surface area contributed by atoms with E-state index < -0.39 is 11.7 Å². The maximum absolute atomic E-state index is 13.1. The monoisotopic (exact) mass is 448 g/mol. The zero-order chi connectivity index (χ0) is 20.6. The average Bonchev–Trinajstić information content (AvgIpc) is 2.97. The van der Waals surface area contributed by atoms with Crippen LogP contribution >= 0.6 is 34.8 Å². The predicted molar refractivity (Wildman–Crippen MR) is 101 cm³/mol. The van der Waals surface area contributed by atoms with Gasteiger partial charge in [-0.25, -0.2) is 0 Å². The molecule has 0 unspecified atom stereocenters. The highest BCUT2D eigenvalue weighted by atomic mass is 35.5. The third-order valence-corrected chi connectivity index (χ3v) is 4.86. The highest BCUT2D eigenvalue weighted by Gasteiger charge is 2.33. The molecule has 0 bridgehead atoms. The van der Waals surface area contributed by atoms with Crippen LogP contribution in [-0.4, -0.2) is 11.6 Å². The van der Waals surface area contributed by atoms with Crippen molar-refractivity contribution in [1.29, 1.82) is 0 Å². The van der Waals surface area contributed by atoms with Gasteiger partial charge in [-0.2, -0.15) is 13.2 Å². The normalized spacial score (nSPS) is 11.5. The van der Waals surface area contributed by atoms with Gasteiger partial charge in [-0.3, -0.25) is 9.69 Å². The van der Waals surface area contributed by atoms with Crippen LogP contribution in [0.3, 0.4) is 0 Å². The molecule has 0 aliphatic carbocycles. The maximum Gasteiger partial charge on any atom is 0.416 e. The molecule has 1 amide bonds. The number of amides is 1. The second kappa shape index (κ2) is 7.66. The summed E-state index contributed by atoms with van der Waals surface area (Å²) in [7, 11) is 0. The second-order valence-corrected chi connectivity index (χ2v) is 6.89. The summed E-state index contributed by atoms with van der Waals surface area (Å²) in [6.45, 7) is 1.49. The second-order valence-electron chi connectivity index (χ2n) is 5.67. The van der Waals surface area contributed by atoms with E-state index in [1.54, 1.807) is 18.2 Å². The molecule has 0 aliphatic rings. The third-order valence-electron chi connectivity index (χ3n) is 3.91. The summed E-state index contributed by atoms with van der Waals surface area (Å²) in [5.74, 6) is 0.159. The summed E-state index contributed by atoms with van der Waals surface area (Å²) >= 11 is 18.5. The number of alkyl halides is 3. The van der Waals surface area contributed by atoms with Crippen molar-refractivity contribution < 1.29 is 22.5 Å². The molecule has 4 nitrogen and oxygen atoms in total. The Morgan fingerprint density at radius 1 is 1.07 bits per heavy atom.